The predicted octanol–water partition coefficient (Wildman–Crippen LogP) is 2.73. The van der Waals surface area contributed by atoms with Crippen LogP contribution in [0.3, 0.4) is 0 Å². The lowest BCUT2D eigenvalue weighted by Crippen LogP contribution is -2.00. The lowest BCUT2D eigenvalue weighted by atomic mass is 10.1. The van der Waals surface area contributed by atoms with Crippen LogP contribution in [0.4, 0.5) is 0 Å². The third-order valence-corrected chi connectivity index (χ3v) is 1.57. The van der Waals surface area contributed by atoms with Crippen LogP contribution in [0.2, 0.25) is 0 Å². The molecule has 0 N–H and O–H groups in total. The van der Waals surface area contributed by atoms with Gasteiger partial charge in [-0.05, 0) is 23.6 Å². The summed E-state index contributed by atoms with van der Waals surface area (Å²) in [6.07, 6.45) is 0.790. The number of benzene rings is 1. The first kappa shape index (κ1) is 8.62. The minimum absolute atomic E-state index is 0.0254. The molecule has 12 heavy (non-hydrogen) atoms. The van der Waals surface area contributed by atoms with Crippen molar-refractivity contribution in [1.82, 2.24) is 0 Å². The lowest BCUT2D eigenvalue weighted by molar-refractivity contribution is 0.731. The monoisotopic (exact) mass is 160 g/mol. The zero-order valence-corrected chi connectivity index (χ0v) is 6.94. The molecular weight excluding hydrogens is 150 g/mol. The number of rotatable bonds is 3. The van der Waals surface area contributed by atoms with E-state index in [-0.39, 0.29) is 6.04 Å². The van der Waals surface area contributed by atoms with Gasteiger partial charge in [0.15, 0.2) is 0 Å². The van der Waals surface area contributed by atoms with Crippen LogP contribution in [0.5, 0.6) is 0 Å². The highest BCUT2D eigenvalue weighted by Gasteiger charge is 1.98. The minimum atomic E-state index is 0.0254. The molecule has 0 saturated carbocycles. The molecule has 0 saturated heterocycles. The quantitative estimate of drug-likeness (QED) is 0.371. The molecule has 3 heteroatoms. The van der Waals surface area contributed by atoms with Gasteiger partial charge in [-0.1, -0.05) is 36.3 Å². The standard InChI is InChI=1S/C9H10N3/c1-8(11-12-10)7-9-5-3-2-4-6-9/h3-6,8H,7H2,1H3. The molecule has 0 spiro atoms. The summed E-state index contributed by atoms with van der Waals surface area (Å²) in [4.78, 5) is 2.75. The predicted molar refractivity (Wildman–Crippen MR) is 47.6 cm³/mol. The molecule has 0 aliphatic carbocycles. The summed E-state index contributed by atoms with van der Waals surface area (Å²) in [5, 5.41) is 3.59. The Balaban J connectivity index is 2.58. The third kappa shape index (κ3) is 2.64. The Morgan fingerprint density at radius 1 is 1.58 bits per heavy atom. The Kier molecular flexibility index (Phi) is 3.17. The number of nitrogens with zero attached hydrogens (tertiary/aromatic N) is 3. The van der Waals surface area contributed by atoms with Gasteiger partial charge in [-0.3, -0.25) is 0 Å². The molecule has 3 nitrogen and oxygen atoms in total. The van der Waals surface area contributed by atoms with Crippen molar-refractivity contribution < 1.29 is 0 Å². The van der Waals surface area contributed by atoms with Crippen molar-refractivity contribution >= 4 is 0 Å². The molecule has 1 aromatic rings. The Morgan fingerprint density at radius 2 is 2.25 bits per heavy atom. The molecule has 61 valence electrons. The van der Waals surface area contributed by atoms with E-state index in [4.69, 9.17) is 5.53 Å². The molecule has 0 fully saturated rings. The van der Waals surface area contributed by atoms with E-state index >= 15 is 0 Å². The summed E-state index contributed by atoms with van der Waals surface area (Å²) in [5.74, 6) is 0. The summed E-state index contributed by atoms with van der Waals surface area (Å²) in [6, 6.07) is 10.6. The first-order valence-corrected chi connectivity index (χ1v) is 3.82. The smallest absolute Gasteiger partial charge is 0.0386 e. The lowest BCUT2D eigenvalue weighted by Gasteiger charge is -2.02. The van der Waals surface area contributed by atoms with Gasteiger partial charge in [0.25, 0.3) is 0 Å². The second-order valence-electron chi connectivity index (χ2n) is 2.67. The van der Waals surface area contributed by atoms with Crippen LogP contribution < -0.4 is 0 Å². The van der Waals surface area contributed by atoms with Crippen LogP contribution >= 0.6 is 0 Å². The highest BCUT2D eigenvalue weighted by molar-refractivity contribution is 5.14. The van der Waals surface area contributed by atoms with E-state index in [1.165, 1.54) is 5.56 Å². The molecule has 1 radical (unpaired) electrons. The normalized spacial score (nSPS) is 11.8. The molecule has 1 unspecified atom stereocenters. The zero-order valence-electron chi connectivity index (χ0n) is 6.94. The Morgan fingerprint density at radius 3 is 2.83 bits per heavy atom. The van der Waals surface area contributed by atoms with Crippen molar-refractivity contribution in [1.29, 1.82) is 0 Å². The molecule has 1 rings (SSSR count). The summed E-state index contributed by atoms with van der Waals surface area (Å²) in [7, 11) is 0. The van der Waals surface area contributed by atoms with Gasteiger partial charge in [0.1, 0.15) is 0 Å². The van der Waals surface area contributed by atoms with Gasteiger partial charge in [0.05, 0.1) is 0 Å². The largest absolute Gasteiger partial charge is 0.0906 e. The summed E-state index contributed by atoms with van der Waals surface area (Å²) < 4.78 is 0. The topological polar surface area (TPSA) is 48.8 Å². The van der Waals surface area contributed by atoms with Crippen molar-refractivity contribution in [3.8, 4) is 0 Å². The average Bonchev–Trinajstić information content (AvgIpc) is 2.06. The summed E-state index contributed by atoms with van der Waals surface area (Å²) >= 11 is 0. The molecule has 1 aromatic carbocycles. The first-order chi connectivity index (χ1) is 5.83. The molecule has 0 aliphatic heterocycles. The third-order valence-electron chi connectivity index (χ3n) is 1.57. The van der Waals surface area contributed by atoms with E-state index in [9.17, 15) is 0 Å². The number of hydrogen-bond acceptors (Lipinski definition) is 1. The highest BCUT2D eigenvalue weighted by Crippen LogP contribution is 2.04. The molecular formula is C9H10N3. The van der Waals surface area contributed by atoms with Crippen molar-refractivity contribution in [2.75, 3.05) is 0 Å². The maximum Gasteiger partial charge on any atom is 0.0386 e. The van der Waals surface area contributed by atoms with Crippen LogP contribution in [0.25, 0.3) is 10.4 Å². The molecule has 0 aliphatic rings. The Bertz CT molecular complexity index is 275. The maximum absolute atomic E-state index is 8.17. The fourth-order valence-electron chi connectivity index (χ4n) is 1.03. The highest BCUT2D eigenvalue weighted by atomic mass is 15.1. The van der Waals surface area contributed by atoms with Crippen LogP contribution in [0, 0.1) is 6.07 Å². The van der Waals surface area contributed by atoms with Gasteiger partial charge in [-0.25, -0.2) is 0 Å². The summed E-state index contributed by atoms with van der Waals surface area (Å²) in [5.41, 5.74) is 9.34. The van der Waals surface area contributed by atoms with Crippen LogP contribution in [0.15, 0.2) is 29.4 Å². The van der Waals surface area contributed by atoms with Crippen molar-refractivity contribution in [2.24, 2.45) is 5.11 Å². The second-order valence-corrected chi connectivity index (χ2v) is 2.67. The van der Waals surface area contributed by atoms with Crippen molar-refractivity contribution in [3.63, 3.8) is 0 Å². The van der Waals surface area contributed by atoms with E-state index in [0.29, 0.717) is 0 Å². The van der Waals surface area contributed by atoms with Gasteiger partial charge >= 0.3 is 0 Å². The number of hydrogen-bond donors (Lipinski definition) is 0. The van der Waals surface area contributed by atoms with E-state index in [0.717, 1.165) is 6.42 Å². The van der Waals surface area contributed by atoms with Gasteiger partial charge in [0, 0.05) is 11.0 Å². The minimum Gasteiger partial charge on any atom is -0.0906 e. The molecule has 0 heterocycles. The SMILES string of the molecule is CC(Cc1cc[c]cc1)N=[N+]=[N-]. The molecule has 1 atom stereocenters. The average molecular weight is 160 g/mol. The van der Waals surface area contributed by atoms with E-state index in [1.54, 1.807) is 0 Å². The van der Waals surface area contributed by atoms with Crippen LogP contribution in [-0.2, 0) is 6.42 Å². The van der Waals surface area contributed by atoms with Gasteiger partial charge < -0.3 is 0 Å². The Hall–Kier alpha value is -1.47. The maximum atomic E-state index is 8.17. The van der Waals surface area contributed by atoms with Crippen LogP contribution in [0.1, 0.15) is 12.5 Å². The first-order valence-electron chi connectivity index (χ1n) is 3.82. The molecule has 0 aromatic heterocycles. The van der Waals surface area contributed by atoms with Gasteiger partial charge in [0.2, 0.25) is 0 Å². The van der Waals surface area contributed by atoms with E-state index < -0.39 is 0 Å². The molecule has 0 bridgehead atoms. The van der Waals surface area contributed by atoms with E-state index in [2.05, 4.69) is 16.1 Å². The number of azide groups is 1. The molecule has 0 amide bonds. The van der Waals surface area contributed by atoms with Crippen molar-refractivity contribution in [3.05, 3.63) is 46.3 Å². The van der Waals surface area contributed by atoms with Gasteiger partial charge in [-0.2, -0.15) is 0 Å². The van der Waals surface area contributed by atoms with Crippen LogP contribution in [-0.4, -0.2) is 6.04 Å². The fourth-order valence-corrected chi connectivity index (χ4v) is 1.03. The second kappa shape index (κ2) is 4.42. The zero-order chi connectivity index (χ0) is 8.81. The van der Waals surface area contributed by atoms with Crippen molar-refractivity contribution in [2.45, 2.75) is 19.4 Å². The fraction of sp³-hybridized carbons (Fsp3) is 0.333. The Labute approximate surface area is 71.7 Å². The van der Waals surface area contributed by atoms with Gasteiger partial charge in [-0.15, -0.1) is 0 Å². The summed E-state index contributed by atoms with van der Waals surface area (Å²) in [6.45, 7) is 1.90. The van der Waals surface area contributed by atoms with E-state index in [1.807, 2.05) is 31.2 Å².